The highest BCUT2D eigenvalue weighted by molar-refractivity contribution is 5.85. The van der Waals surface area contributed by atoms with Gasteiger partial charge in [-0.05, 0) is 24.5 Å². The summed E-state index contributed by atoms with van der Waals surface area (Å²) in [5.41, 5.74) is 0. The zero-order chi connectivity index (χ0) is 15.7. The van der Waals surface area contributed by atoms with Crippen LogP contribution in [0.3, 0.4) is 0 Å². The van der Waals surface area contributed by atoms with Gasteiger partial charge in [0, 0.05) is 13.6 Å². The lowest BCUT2D eigenvalue weighted by molar-refractivity contribution is -0.132. The number of nitrogens with zero attached hydrogens (tertiary/aromatic N) is 1. The van der Waals surface area contributed by atoms with E-state index in [-0.39, 0.29) is 25.0 Å². The van der Waals surface area contributed by atoms with Crippen molar-refractivity contribution < 1.29 is 14.3 Å². The molecule has 5 heteroatoms. The molecule has 0 heterocycles. The Morgan fingerprint density at radius 2 is 1.90 bits per heavy atom. The van der Waals surface area contributed by atoms with E-state index in [2.05, 4.69) is 19.2 Å². The smallest absolute Gasteiger partial charge is 0.258 e. The van der Waals surface area contributed by atoms with Crippen LogP contribution in [0.15, 0.2) is 30.3 Å². The van der Waals surface area contributed by atoms with Crippen LogP contribution in [0.2, 0.25) is 0 Å². The molecule has 0 bridgehead atoms. The zero-order valence-corrected chi connectivity index (χ0v) is 13.0. The number of para-hydroxylation sites is 1. The molecule has 0 aliphatic heterocycles. The van der Waals surface area contributed by atoms with E-state index in [0.717, 1.165) is 6.42 Å². The van der Waals surface area contributed by atoms with Gasteiger partial charge in [0.25, 0.3) is 5.91 Å². The van der Waals surface area contributed by atoms with Crippen molar-refractivity contribution in [2.45, 2.75) is 20.3 Å². The highest BCUT2D eigenvalue weighted by Crippen LogP contribution is 2.07. The molecule has 0 saturated heterocycles. The molecule has 0 aliphatic carbocycles. The second-order valence-corrected chi connectivity index (χ2v) is 5.38. The summed E-state index contributed by atoms with van der Waals surface area (Å²) in [6, 6.07) is 9.09. The fourth-order valence-corrected chi connectivity index (χ4v) is 1.60. The van der Waals surface area contributed by atoms with Gasteiger partial charge in [-0.15, -0.1) is 0 Å². The number of hydrogen-bond donors (Lipinski definition) is 1. The van der Waals surface area contributed by atoms with Crippen LogP contribution >= 0.6 is 0 Å². The van der Waals surface area contributed by atoms with Crippen LogP contribution in [0.4, 0.5) is 0 Å². The summed E-state index contributed by atoms with van der Waals surface area (Å²) in [6.07, 6.45) is 0.952. The maximum absolute atomic E-state index is 11.8. The molecule has 0 spiro atoms. The number of benzene rings is 1. The number of hydrogen-bond acceptors (Lipinski definition) is 3. The number of nitrogens with one attached hydrogen (secondary N) is 1. The molecule has 0 radical (unpaired) electrons. The van der Waals surface area contributed by atoms with Gasteiger partial charge in [0.05, 0.1) is 6.54 Å². The molecule has 21 heavy (non-hydrogen) atoms. The Morgan fingerprint density at radius 1 is 1.24 bits per heavy atom. The lowest BCUT2D eigenvalue weighted by Gasteiger charge is -2.18. The van der Waals surface area contributed by atoms with E-state index in [4.69, 9.17) is 4.74 Å². The van der Waals surface area contributed by atoms with Gasteiger partial charge < -0.3 is 15.0 Å². The van der Waals surface area contributed by atoms with Crippen LogP contribution in [0.5, 0.6) is 5.75 Å². The molecule has 2 amide bonds. The van der Waals surface area contributed by atoms with Gasteiger partial charge in [0.1, 0.15) is 5.75 Å². The zero-order valence-electron chi connectivity index (χ0n) is 13.0. The van der Waals surface area contributed by atoms with Crippen molar-refractivity contribution in [3.8, 4) is 5.75 Å². The van der Waals surface area contributed by atoms with E-state index in [1.807, 2.05) is 18.2 Å². The molecule has 1 aromatic rings. The minimum atomic E-state index is -0.301. The highest BCUT2D eigenvalue weighted by atomic mass is 16.5. The third-order valence-electron chi connectivity index (χ3n) is 3.02. The molecule has 1 aromatic carbocycles. The van der Waals surface area contributed by atoms with Gasteiger partial charge in [-0.25, -0.2) is 0 Å². The molecule has 1 N–H and O–H groups in total. The Labute approximate surface area is 126 Å². The molecule has 0 saturated carbocycles. The number of rotatable bonds is 8. The Bertz CT molecular complexity index is 446. The molecule has 0 fully saturated rings. The van der Waals surface area contributed by atoms with Crippen molar-refractivity contribution in [1.29, 1.82) is 0 Å². The maximum Gasteiger partial charge on any atom is 0.258 e. The van der Waals surface area contributed by atoms with Crippen LogP contribution in [-0.4, -0.2) is 43.5 Å². The fourth-order valence-electron chi connectivity index (χ4n) is 1.60. The molecule has 0 aromatic heterocycles. The second kappa shape index (κ2) is 9.00. The van der Waals surface area contributed by atoms with Gasteiger partial charge in [-0.3, -0.25) is 9.59 Å². The van der Waals surface area contributed by atoms with Crippen molar-refractivity contribution >= 4 is 11.8 Å². The summed E-state index contributed by atoms with van der Waals surface area (Å²) in [4.78, 5) is 25.0. The van der Waals surface area contributed by atoms with Crippen molar-refractivity contribution in [2.24, 2.45) is 5.92 Å². The first-order valence-electron chi connectivity index (χ1n) is 7.17. The molecule has 5 nitrogen and oxygen atoms in total. The van der Waals surface area contributed by atoms with E-state index < -0.39 is 0 Å². The quantitative estimate of drug-likeness (QED) is 0.793. The topological polar surface area (TPSA) is 58.6 Å². The van der Waals surface area contributed by atoms with Gasteiger partial charge in [-0.1, -0.05) is 32.0 Å². The number of likely N-dealkylation sites (N-methyl/N-ethyl adjacent to an activating group) is 1. The summed E-state index contributed by atoms with van der Waals surface area (Å²) in [6.45, 7) is 4.84. The third kappa shape index (κ3) is 7.34. The van der Waals surface area contributed by atoms with E-state index >= 15 is 0 Å². The summed E-state index contributed by atoms with van der Waals surface area (Å²) >= 11 is 0. The standard InChI is InChI=1S/C16H24N2O3/c1-13(2)9-10-18(3)16(20)11-17-15(19)12-21-14-7-5-4-6-8-14/h4-8,13H,9-12H2,1-3H3,(H,17,19). The van der Waals surface area contributed by atoms with Crippen molar-refractivity contribution in [1.82, 2.24) is 10.2 Å². The van der Waals surface area contributed by atoms with Crippen LogP contribution < -0.4 is 10.1 Å². The first kappa shape index (κ1) is 17.0. The van der Waals surface area contributed by atoms with Crippen LogP contribution in [0.25, 0.3) is 0 Å². The Kier molecular flexibility index (Phi) is 7.29. The second-order valence-electron chi connectivity index (χ2n) is 5.38. The van der Waals surface area contributed by atoms with Gasteiger partial charge in [0.15, 0.2) is 6.61 Å². The normalized spacial score (nSPS) is 10.3. The molecule has 0 atom stereocenters. The Hall–Kier alpha value is -2.04. The average molecular weight is 292 g/mol. The summed E-state index contributed by atoms with van der Waals surface area (Å²) in [5, 5.41) is 2.57. The van der Waals surface area contributed by atoms with E-state index in [0.29, 0.717) is 18.2 Å². The maximum atomic E-state index is 11.8. The highest BCUT2D eigenvalue weighted by Gasteiger charge is 2.11. The van der Waals surface area contributed by atoms with Gasteiger partial charge in [-0.2, -0.15) is 0 Å². The first-order chi connectivity index (χ1) is 9.99. The summed E-state index contributed by atoms with van der Waals surface area (Å²) in [5.74, 6) is 0.787. The predicted octanol–water partition coefficient (Wildman–Crippen LogP) is 1.69. The number of ether oxygens (including phenoxy) is 1. The third-order valence-corrected chi connectivity index (χ3v) is 3.02. The first-order valence-corrected chi connectivity index (χ1v) is 7.17. The average Bonchev–Trinajstić information content (AvgIpc) is 2.49. The van der Waals surface area contributed by atoms with E-state index in [1.54, 1.807) is 24.1 Å². The summed E-state index contributed by atoms with van der Waals surface area (Å²) < 4.78 is 5.30. The van der Waals surface area contributed by atoms with Gasteiger partial charge in [0.2, 0.25) is 5.91 Å². The molecule has 0 unspecified atom stereocenters. The van der Waals surface area contributed by atoms with Gasteiger partial charge >= 0.3 is 0 Å². The molecule has 1 rings (SSSR count). The minimum Gasteiger partial charge on any atom is -0.484 e. The molecule has 0 aliphatic rings. The van der Waals surface area contributed by atoms with Crippen LogP contribution in [-0.2, 0) is 9.59 Å². The number of amides is 2. The Balaban J connectivity index is 2.21. The van der Waals surface area contributed by atoms with Crippen molar-refractivity contribution in [2.75, 3.05) is 26.7 Å². The molecule has 116 valence electrons. The Morgan fingerprint density at radius 3 is 2.52 bits per heavy atom. The number of carbonyl (C=O) groups excluding carboxylic acids is 2. The number of carbonyl (C=O) groups is 2. The van der Waals surface area contributed by atoms with E-state index in [9.17, 15) is 9.59 Å². The monoisotopic (exact) mass is 292 g/mol. The molecular formula is C16H24N2O3. The SMILES string of the molecule is CC(C)CCN(C)C(=O)CNC(=O)COc1ccccc1. The fraction of sp³-hybridized carbons (Fsp3) is 0.500. The van der Waals surface area contributed by atoms with E-state index in [1.165, 1.54) is 0 Å². The minimum absolute atomic E-state index is 0.00553. The van der Waals surface area contributed by atoms with Crippen molar-refractivity contribution in [3.05, 3.63) is 30.3 Å². The summed E-state index contributed by atoms with van der Waals surface area (Å²) in [7, 11) is 1.75. The van der Waals surface area contributed by atoms with Crippen LogP contribution in [0, 0.1) is 5.92 Å². The lowest BCUT2D eigenvalue weighted by Crippen LogP contribution is -2.40. The van der Waals surface area contributed by atoms with Crippen LogP contribution in [0.1, 0.15) is 20.3 Å². The van der Waals surface area contributed by atoms with Crippen molar-refractivity contribution in [3.63, 3.8) is 0 Å². The lowest BCUT2D eigenvalue weighted by atomic mass is 10.1. The molecular weight excluding hydrogens is 268 g/mol. The largest absolute Gasteiger partial charge is 0.484 e. The predicted molar refractivity (Wildman–Crippen MR) is 82.0 cm³/mol.